The lowest BCUT2D eigenvalue weighted by Gasteiger charge is -2.25. The molecular weight excluding hydrogens is 438 g/mol. The van der Waals surface area contributed by atoms with E-state index in [-0.39, 0.29) is 5.75 Å². The summed E-state index contributed by atoms with van der Waals surface area (Å²) in [6, 6.07) is 14.5. The van der Waals surface area contributed by atoms with Gasteiger partial charge in [-0.05, 0) is 37.5 Å². The Bertz CT molecular complexity index is 1210. The van der Waals surface area contributed by atoms with Gasteiger partial charge in [0.25, 0.3) is 5.91 Å². The van der Waals surface area contributed by atoms with Crippen LogP contribution in [0.15, 0.2) is 66.1 Å². The highest BCUT2D eigenvalue weighted by Gasteiger charge is 2.52. The summed E-state index contributed by atoms with van der Waals surface area (Å²) in [5.74, 6) is -0.987. The molecule has 1 atom stereocenters. The molecule has 0 bridgehead atoms. The Morgan fingerprint density at radius 1 is 1.15 bits per heavy atom. The van der Waals surface area contributed by atoms with Gasteiger partial charge in [0.1, 0.15) is 5.54 Å². The number of urea groups is 1. The Labute approximate surface area is 196 Å². The summed E-state index contributed by atoms with van der Waals surface area (Å²) in [7, 11) is 0. The van der Waals surface area contributed by atoms with Crippen molar-refractivity contribution in [2.24, 2.45) is 0 Å². The second kappa shape index (κ2) is 9.11. The highest BCUT2D eigenvalue weighted by Crippen LogP contribution is 2.31. The van der Waals surface area contributed by atoms with E-state index < -0.39 is 23.4 Å². The third-order valence-electron chi connectivity index (χ3n) is 5.68. The molecule has 170 valence electrons. The number of amides is 4. The largest absolute Gasteiger partial charge is 0.344 e. The summed E-state index contributed by atoms with van der Waals surface area (Å²) >= 11 is 1.23. The molecule has 2 heterocycles. The maximum atomic E-state index is 13.1. The van der Waals surface area contributed by atoms with Crippen molar-refractivity contribution in [3.8, 4) is 5.69 Å². The minimum Gasteiger partial charge on any atom is -0.318 e. The highest BCUT2D eigenvalue weighted by molar-refractivity contribution is 7.99. The van der Waals surface area contributed by atoms with Gasteiger partial charge in [0.05, 0.1) is 11.4 Å². The molecule has 33 heavy (non-hydrogen) atoms. The van der Waals surface area contributed by atoms with Gasteiger partial charge in [0, 0.05) is 12.4 Å². The molecule has 0 aliphatic carbocycles. The number of imide groups is 1. The van der Waals surface area contributed by atoms with Crippen molar-refractivity contribution in [2.45, 2.75) is 37.9 Å². The average Bonchev–Trinajstić information content (AvgIpc) is 3.36. The maximum absolute atomic E-state index is 13.1. The van der Waals surface area contributed by atoms with E-state index in [1.54, 1.807) is 18.3 Å². The number of hydrogen-bond acceptors (Lipinski definition) is 5. The lowest BCUT2D eigenvalue weighted by atomic mass is 9.87. The van der Waals surface area contributed by atoms with Crippen molar-refractivity contribution in [3.05, 3.63) is 77.6 Å². The molecule has 1 aliphatic heterocycles. The van der Waals surface area contributed by atoms with Crippen molar-refractivity contribution < 1.29 is 14.4 Å². The van der Waals surface area contributed by atoms with Crippen LogP contribution < -0.4 is 10.7 Å². The molecule has 1 aromatic heterocycles. The normalized spacial score (nSPS) is 17.8. The van der Waals surface area contributed by atoms with E-state index in [2.05, 4.69) is 21.8 Å². The van der Waals surface area contributed by atoms with E-state index in [0.717, 1.165) is 21.8 Å². The van der Waals surface area contributed by atoms with Gasteiger partial charge in [-0.2, -0.15) is 5.01 Å². The Morgan fingerprint density at radius 3 is 2.61 bits per heavy atom. The van der Waals surface area contributed by atoms with Crippen LogP contribution in [0, 0.1) is 13.8 Å². The van der Waals surface area contributed by atoms with Gasteiger partial charge in [-0.1, -0.05) is 66.7 Å². The van der Waals surface area contributed by atoms with Gasteiger partial charge in [-0.25, -0.2) is 9.78 Å². The van der Waals surface area contributed by atoms with E-state index >= 15 is 0 Å². The highest BCUT2D eigenvalue weighted by atomic mass is 32.2. The zero-order chi connectivity index (χ0) is 23.6. The molecule has 8 nitrogen and oxygen atoms in total. The third kappa shape index (κ3) is 4.23. The van der Waals surface area contributed by atoms with Crippen LogP contribution in [0.4, 0.5) is 4.79 Å². The quantitative estimate of drug-likeness (QED) is 0.413. The van der Waals surface area contributed by atoms with Crippen LogP contribution in [0.3, 0.4) is 0 Å². The van der Waals surface area contributed by atoms with Gasteiger partial charge in [0.2, 0.25) is 5.91 Å². The molecule has 0 spiro atoms. The average molecular weight is 464 g/mol. The molecule has 2 N–H and O–H groups in total. The molecule has 9 heteroatoms. The van der Waals surface area contributed by atoms with Crippen LogP contribution in [-0.2, 0) is 15.1 Å². The van der Waals surface area contributed by atoms with Gasteiger partial charge in [-0.3, -0.25) is 19.6 Å². The number of carbonyl (C=O) groups is 3. The van der Waals surface area contributed by atoms with Crippen molar-refractivity contribution in [3.63, 3.8) is 0 Å². The molecule has 4 rings (SSSR count). The fourth-order valence-corrected chi connectivity index (χ4v) is 4.74. The number of aryl methyl sites for hydroxylation is 2. The molecule has 3 aromatic rings. The van der Waals surface area contributed by atoms with Crippen LogP contribution in [0.25, 0.3) is 5.69 Å². The van der Waals surface area contributed by atoms with Gasteiger partial charge < -0.3 is 5.32 Å². The Morgan fingerprint density at radius 2 is 1.91 bits per heavy atom. The predicted octanol–water partition coefficient (Wildman–Crippen LogP) is 3.47. The lowest BCUT2D eigenvalue weighted by molar-refractivity contribution is -0.138. The van der Waals surface area contributed by atoms with Crippen LogP contribution in [-0.4, -0.2) is 38.2 Å². The van der Waals surface area contributed by atoms with Gasteiger partial charge in [-0.15, -0.1) is 0 Å². The summed E-state index contributed by atoms with van der Waals surface area (Å²) in [5, 5.41) is 4.16. The topological polar surface area (TPSA) is 96.3 Å². The van der Waals surface area contributed by atoms with E-state index in [1.807, 2.05) is 61.9 Å². The van der Waals surface area contributed by atoms with Crippen molar-refractivity contribution >= 4 is 29.6 Å². The number of aromatic nitrogens is 2. The summed E-state index contributed by atoms with van der Waals surface area (Å²) in [5.41, 5.74) is 5.16. The van der Waals surface area contributed by atoms with Crippen molar-refractivity contribution in [2.75, 3.05) is 5.75 Å². The van der Waals surface area contributed by atoms with Crippen LogP contribution in [0.2, 0.25) is 0 Å². The number of hydrogen-bond donors (Lipinski definition) is 2. The minimum absolute atomic E-state index is 0.0105. The number of rotatable bonds is 7. The van der Waals surface area contributed by atoms with E-state index in [0.29, 0.717) is 17.1 Å². The smallest absolute Gasteiger partial charge is 0.318 e. The molecule has 0 radical (unpaired) electrons. The number of nitrogens with zero attached hydrogens (tertiary/aromatic N) is 3. The van der Waals surface area contributed by atoms with Crippen LogP contribution in [0.5, 0.6) is 0 Å². The first kappa shape index (κ1) is 22.6. The fraction of sp³-hybridized carbons (Fsp3) is 0.250. The van der Waals surface area contributed by atoms with Crippen LogP contribution >= 0.6 is 11.8 Å². The van der Waals surface area contributed by atoms with Crippen LogP contribution in [0.1, 0.15) is 30.0 Å². The molecule has 2 aromatic carbocycles. The summed E-state index contributed by atoms with van der Waals surface area (Å²) < 4.78 is 1.91. The Hall–Kier alpha value is -3.59. The Balaban J connectivity index is 1.45. The van der Waals surface area contributed by atoms with E-state index in [9.17, 15) is 14.4 Å². The number of hydrazine groups is 1. The number of benzene rings is 2. The number of carbonyl (C=O) groups excluding carboxylic acids is 3. The predicted molar refractivity (Wildman–Crippen MR) is 126 cm³/mol. The lowest BCUT2D eigenvalue weighted by Crippen LogP contribution is -2.49. The Kier molecular flexibility index (Phi) is 6.24. The maximum Gasteiger partial charge on any atom is 0.344 e. The molecule has 0 saturated carbocycles. The number of imidazole rings is 1. The van der Waals surface area contributed by atoms with Gasteiger partial charge >= 0.3 is 6.03 Å². The molecule has 4 amide bonds. The van der Waals surface area contributed by atoms with E-state index in [1.165, 1.54) is 11.8 Å². The first-order valence-corrected chi connectivity index (χ1v) is 11.6. The van der Waals surface area contributed by atoms with Crippen molar-refractivity contribution in [1.29, 1.82) is 0 Å². The SMILES string of the molecule is CCC1(c2ccccc2)NC(=O)N(NC(=O)CSc2nccn2-c2ccc(C)cc2C)C1=O. The molecule has 1 aliphatic rings. The molecule has 1 unspecified atom stereocenters. The van der Waals surface area contributed by atoms with E-state index in [4.69, 9.17) is 0 Å². The standard InChI is InChI=1S/C24H25N5O3S/c1-4-24(18-8-6-5-7-9-18)21(31)29(22(32)26-24)27-20(30)15-33-23-25-12-13-28(23)19-11-10-16(2)14-17(19)3/h5-14H,4,15H2,1-3H3,(H,26,32)(H,27,30). The fourth-order valence-electron chi connectivity index (χ4n) is 3.98. The monoisotopic (exact) mass is 463 g/mol. The first-order valence-electron chi connectivity index (χ1n) is 10.6. The summed E-state index contributed by atoms with van der Waals surface area (Å²) in [6.45, 7) is 5.87. The molecule has 1 saturated heterocycles. The molecular formula is C24H25N5O3S. The summed E-state index contributed by atoms with van der Waals surface area (Å²) in [4.78, 5) is 42.7. The molecule has 1 fully saturated rings. The summed E-state index contributed by atoms with van der Waals surface area (Å²) in [6.07, 6.45) is 3.87. The first-order chi connectivity index (χ1) is 15.9. The zero-order valence-electron chi connectivity index (χ0n) is 18.7. The second-order valence-corrected chi connectivity index (χ2v) is 8.83. The number of nitrogens with one attached hydrogen (secondary N) is 2. The van der Waals surface area contributed by atoms with Gasteiger partial charge in [0.15, 0.2) is 5.16 Å². The minimum atomic E-state index is -1.20. The zero-order valence-corrected chi connectivity index (χ0v) is 19.5. The third-order valence-corrected chi connectivity index (χ3v) is 6.64. The second-order valence-electron chi connectivity index (χ2n) is 7.89. The van der Waals surface area contributed by atoms with Crippen molar-refractivity contribution in [1.82, 2.24) is 25.3 Å². The number of thioether (sulfide) groups is 1.